The monoisotopic (exact) mass is 252 g/mol. The van der Waals surface area contributed by atoms with Crippen molar-refractivity contribution >= 4 is 5.91 Å². The van der Waals surface area contributed by atoms with Gasteiger partial charge in [-0.15, -0.1) is 0 Å². The third kappa shape index (κ3) is 3.05. The highest BCUT2D eigenvalue weighted by Crippen LogP contribution is 2.29. The highest BCUT2D eigenvalue weighted by atomic mass is 16.2. The zero-order chi connectivity index (χ0) is 13.0. The molecule has 2 atom stereocenters. The van der Waals surface area contributed by atoms with Crippen LogP contribution in [0.15, 0.2) is 0 Å². The number of hydrogen-bond acceptors (Lipinski definition) is 2. The minimum atomic E-state index is 0.284. The summed E-state index contributed by atoms with van der Waals surface area (Å²) >= 11 is 0. The zero-order valence-electron chi connectivity index (χ0n) is 11.7. The molecule has 3 nitrogen and oxygen atoms in total. The highest BCUT2D eigenvalue weighted by molar-refractivity contribution is 5.79. The van der Waals surface area contributed by atoms with E-state index in [0.29, 0.717) is 18.4 Å². The summed E-state index contributed by atoms with van der Waals surface area (Å²) in [6.45, 7) is 3.80. The van der Waals surface area contributed by atoms with E-state index in [4.69, 9.17) is 5.73 Å². The topological polar surface area (TPSA) is 46.3 Å². The second-order valence-corrected chi connectivity index (χ2v) is 6.14. The molecule has 0 aromatic heterocycles. The Kier molecular flexibility index (Phi) is 5.04. The fourth-order valence-electron chi connectivity index (χ4n) is 3.64. The number of piperidine rings is 1. The number of amides is 1. The summed E-state index contributed by atoms with van der Waals surface area (Å²) in [5.41, 5.74) is 5.89. The van der Waals surface area contributed by atoms with Crippen molar-refractivity contribution in [2.45, 2.75) is 64.3 Å². The molecule has 0 aromatic rings. The average Bonchev–Trinajstić information content (AvgIpc) is 2.66. The molecule has 104 valence electrons. The van der Waals surface area contributed by atoms with E-state index in [-0.39, 0.29) is 12.0 Å². The molecule has 1 saturated carbocycles. The molecular weight excluding hydrogens is 224 g/mol. The van der Waals surface area contributed by atoms with Gasteiger partial charge in [0.2, 0.25) is 5.91 Å². The molecule has 0 aromatic carbocycles. The van der Waals surface area contributed by atoms with Crippen molar-refractivity contribution in [1.29, 1.82) is 0 Å². The van der Waals surface area contributed by atoms with Crippen LogP contribution in [0, 0.1) is 11.8 Å². The first kappa shape index (κ1) is 13.9. The normalized spacial score (nSPS) is 31.1. The predicted molar refractivity (Wildman–Crippen MR) is 74.1 cm³/mol. The predicted octanol–water partition coefficient (Wildman–Crippen LogP) is 2.54. The SMILES string of the molecule is C[C@@H]1CCCN(C(=O)C2CCCCCC2)[C@H]1CN. The Labute approximate surface area is 111 Å². The number of carbonyl (C=O) groups is 1. The summed E-state index contributed by atoms with van der Waals surface area (Å²) in [4.78, 5) is 14.8. The average molecular weight is 252 g/mol. The van der Waals surface area contributed by atoms with Crippen LogP contribution in [0.1, 0.15) is 58.3 Å². The third-order valence-electron chi connectivity index (χ3n) is 4.84. The van der Waals surface area contributed by atoms with E-state index >= 15 is 0 Å². The number of nitrogens with zero attached hydrogens (tertiary/aromatic N) is 1. The fraction of sp³-hybridized carbons (Fsp3) is 0.933. The Balaban J connectivity index is 2.01. The lowest BCUT2D eigenvalue weighted by Gasteiger charge is -2.41. The molecule has 18 heavy (non-hydrogen) atoms. The Morgan fingerprint density at radius 3 is 2.39 bits per heavy atom. The van der Waals surface area contributed by atoms with Gasteiger partial charge in [-0.05, 0) is 31.6 Å². The summed E-state index contributed by atoms with van der Waals surface area (Å²) in [7, 11) is 0. The molecule has 2 N–H and O–H groups in total. The first-order valence-electron chi connectivity index (χ1n) is 7.74. The van der Waals surface area contributed by atoms with Crippen LogP contribution >= 0.6 is 0 Å². The van der Waals surface area contributed by atoms with Crippen molar-refractivity contribution in [3.05, 3.63) is 0 Å². The Hall–Kier alpha value is -0.570. The van der Waals surface area contributed by atoms with Crippen molar-refractivity contribution in [3.8, 4) is 0 Å². The van der Waals surface area contributed by atoms with Gasteiger partial charge in [-0.3, -0.25) is 4.79 Å². The molecular formula is C15H28N2O. The lowest BCUT2D eigenvalue weighted by atomic mass is 9.88. The molecule has 1 saturated heterocycles. The largest absolute Gasteiger partial charge is 0.338 e. The lowest BCUT2D eigenvalue weighted by molar-refractivity contribution is -0.140. The molecule has 1 aliphatic heterocycles. The van der Waals surface area contributed by atoms with Gasteiger partial charge in [-0.1, -0.05) is 32.6 Å². The summed E-state index contributed by atoms with van der Waals surface area (Å²) in [5.74, 6) is 1.25. The maximum Gasteiger partial charge on any atom is 0.225 e. The van der Waals surface area contributed by atoms with Gasteiger partial charge < -0.3 is 10.6 Å². The van der Waals surface area contributed by atoms with Crippen LogP contribution in [0.3, 0.4) is 0 Å². The molecule has 0 spiro atoms. The number of carbonyl (C=O) groups excluding carboxylic acids is 1. The molecule has 1 aliphatic carbocycles. The summed E-state index contributed by atoms with van der Waals surface area (Å²) in [6.07, 6.45) is 9.63. The van der Waals surface area contributed by atoms with Gasteiger partial charge in [0.25, 0.3) is 0 Å². The van der Waals surface area contributed by atoms with Gasteiger partial charge in [-0.25, -0.2) is 0 Å². The van der Waals surface area contributed by atoms with Crippen molar-refractivity contribution < 1.29 is 4.79 Å². The first-order valence-corrected chi connectivity index (χ1v) is 7.74. The van der Waals surface area contributed by atoms with E-state index in [0.717, 1.165) is 25.8 Å². The summed E-state index contributed by atoms with van der Waals surface area (Å²) < 4.78 is 0. The van der Waals surface area contributed by atoms with E-state index in [1.807, 2.05) is 0 Å². The third-order valence-corrected chi connectivity index (χ3v) is 4.84. The molecule has 0 unspecified atom stereocenters. The summed E-state index contributed by atoms with van der Waals surface area (Å²) in [5, 5.41) is 0. The molecule has 0 radical (unpaired) electrons. The van der Waals surface area contributed by atoms with Crippen molar-refractivity contribution in [2.24, 2.45) is 17.6 Å². The second kappa shape index (κ2) is 6.55. The van der Waals surface area contributed by atoms with Gasteiger partial charge in [0, 0.05) is 25.0 Å². The molecule has 2 rings (SSSR count). The van der Waals surface area contributed by atoms with Crippen molar-refractivity contribution in [2.75, 3.05) is 13.1 Å². The van der Waals surface area contributed by atoms with E-state index in [2.05, 4.69) is 11.8 Å². The van der Waals surface area contributed by atoms with Crippen LogP contribution < -0.4 is 5.73 Å². The molecule has 2 fully saturated rings. The van der Waals surface area contributed by atoms with Crippen LogP contribution in [0.2, 0.25) is 0 Å². The maximum atomic E-state index is 12.7. The van der Waals surface area contributed by atoms with Crippen molar-refractivity contribution in [1.82, 2.24) is 4.90 Å². The van der Waals surface area contributed by atoms with Gasteiger partial charge in [-0.2, -0.15) is 0 Å². The maximum absolute atomic E-state index is 12.7. The van der Waals surface area contributed by atoms with Gasteiger partial charge >= 0.3 is 0 Å². The van der Waals surface area contributed by atoms with Crippen molar-refractivity contribution in [3.63, 3.8) is 0 Å². The Bertz CT molecular complexity index is 272. The van der Waals surface area contributed by atoms with E-state index in [9.17, 15) is 4.79 Å². The molecule has 3 heteroatoms. The minimum Gasteiger partial charge on any atom is -0.338 e. The van der Waals surface area contributed by atoms with Crippen LogP contribution in [0.4, 0.5) is 0 Å². The lowest BCUT2D eigenvalue weighted by Crippen LogP contribution is -2.53. The molecule has 1 heterocycles. The second-order valence-electron chi connectivity index (χ2n) is 6.14. The van der Waals surface area contributed by atoms with Gasteiger partial charge in [0.05, 0.1) is 0 Å². The number of rotatable bonds is 2. The number of likely N-dealkylation sites (tertiary alicyclic amines) is 1. The zero-order valence-corrected chi connectivity index (χ0v) is 11.7. The van der Waals surface area contributed by atoms with Gasteiger partial charge in [0.15, 0.2) is 0 Å². The number of hydrogen-bond donors (Lipinski definition) is 1. The molecule has 2 aliphatic rings. The highest BCUT2D eigenvalue weighted by Gasteiger charge is 2.34. The van der Waals surface area contributed by atoms with Crippen LogP contribution in [0.5, 0.6) is 0 Å². The molecule has 1 amide bonds. The van der Waals surface area contributed by atoms with Gasteiger partial charge in [0.1, 0.15) is 0 Å². The first-order chi connectivity index (χ1) is 8.74. The Morgan fingerprint density at radius 1 is 1.11 bits per heavy atom. The quantitative estimate of drug-likeness (QED) is 0.768. The number of nitrogens with two attached hydrogens (primary N) is 1. The smallest absolute Gasteiger partial charge is 0.225 e. The minimum absolute atomic E-state index is 0.284. The van der Waals surface area contributed by atoms with Crippen LogP contribution in [-0.4, -0.2) is 29.9 Å². The standard InChI is InChI=1S/C15H28N2O/c1-12-7-6-10-17(14(12)11-16)15(18)13-8-4-2-3-5-9-13/h12-14H,2-11,16H2,1H3/t12-,14+/m1/s1. The van der Waals surface area contributed by atoms with E-state index in [1.165, 1.54) is 32.1 Å². The fourth-order valence-corrected chi connectivity index (χ4v) is 3.64. The van der Waals surface area contributed by atoms with E-state index in [1.54, 1.807) is 0 Å². The van der Waals surface area contributed by atoms with Crippen LogP contribution in [0.25, 0.3) is 0 Å². The Morgan fingerprint density at radius 2 is 1.78 bits per heavy atom. The molecule has 0 bridgehead atoms. The summed E-state index contributed by atoms with van der Waals surface area (Å²) in [6, 6.07) is 0.287. The van der Waals surface area contributed by atoms with Crippen LogP contribution in [-0.2, 0) is 4.79 Å². The van der Waals surface area contributed by atoms with E-state index < -0.39 is 0 Å².